The number of rotatable bonds is 6. The summed E-state index contributed by atoms with van der Waals surface area (Å²) in [6.07, 6.45) is 2.84. The van der Waals surface area contributed by atoms with Crippen molar-refractivity contribution in [2.75, 3.05) is 17.2 Å². The normalized spacial score (nSPS) is 12.2. The Hall–Kier alpha value is -1.62. The summed E-state index contributed by atoms with van der Waals surface area (Å²) in [6.45, 7) is 7.28. The predicted octanol–water partition coefficient (Wildman–Crippen LogP) is 3.84. The second-order valence-electron chi connectivity index (χ2n) is 4.51. The quantitative estimate of drug-likeness (QED) is 0.841. The smallest absolute Gasteiger partial charge is 0.224 e. The molecule has 2 heterocycles. The number of thiophene rings is 1. The summed E-state index contributed by atoms with van der Waals surface area (Å²) < 4.78 is 0. The van der Waals surface area contributed by atoms with Gasteiger partial charge < -0.3 is 10.6 Å². The van der Waals surface area contributed by atoms with Crippen LogP contribution in [-0.4, -0.2) is 16.5 Å². The summed E-state index contributed by atoms with van der Waals surface area (Å²) in [7, 11) is 0. The Balaban J connectivity index is 2.02. The third kappa shape index (κ3) is 3.92. The van der Waals surface area contributed by atoms with Gasteiger partial charge in [-0.1, -0.05) is 6.92 Å². The SMILES string of the molecule is CCCNc1nccc(NC(C)c2ccc(C)s2)n1. The molecule has 0 aliphatic rings. The van der Waals surface area contributed by atoms with Gasteiger partial charge in [0.25, 0.3) is 0 Å². The lowest BCUT2D eigenvalue weighted by Gasteiger charge is -2.13. The van der Waals surface area contributed by atoms with Crippen LogP contribution in [0.4, 0.5) is 11.8 Å². The third-order valence-electron chi connectivity index (χ3n) is 2.74. The van der Waals surface area contributed by atoms with Crippen molar-refractivity contribution in [3.05, 3.63) is 34.2 Å². The largest absolute Gasteiger partial charge is 0.363 e. The lowest BCUT2D eigenvalue weighted by Crippen LogP contribution is -2.09. The first-order valence-corrected chi connectivity index (χ1v) is 7.40. The molecule has 2 aromatic heterocycles. The predicted molar refractivity (Wildman–Crippen MR) is 81.9 cm³/mol. The lowest BCUT2D eigenvalue weighted by molar-refractivity contribution is 0.889. The Morgan fingerprint density at radius 3 is 2.84 bits per heavy atom. The van der Waals surface area contributed by atoms with Crippen LogP contribution in [0.5, 0.6) is 0 Å². The van der Waals surface area contributed by atoms with Crippen molar-refractivity contribution < 1.29 is 0 Å². The number of nitrogens with one attached hydrogen (secondary N) is 2. The van der Waals surface area contributed by atoms with Gasteiger partial charge in [0.15, 0.2) is 0 Å². The zero-order valence-corrected chi connectivity index (χ0v) is 12.4. The average molecular weight is 276 g/mol. The molecule has 5 heteroatoms. The fourth-order valence-corrected chi connectivity index (χ4v) is 2.62. The van der Waals surface area contributed by atoms with Gasteiger partial charge in [0.05, 0.1) is 6.04 Å². The van der Waals surface area contributed by atoms with E-state index in [0.29, 0.717) is 5.95 Å². The standard InChI is InChI=1S/C14H20N4S/c1-4-8-15-14-16-9-7-13(18-14)17-11(3)12-6-5-10(2)19-12/h5-7,9,11H,4,8H2,1-3H3,(H2,15,16,17,18). The summed E-state index contributed by atoms with van der Waals surface area (Å²) in [5.74, 6) is 1.54. The average Bonchev–Trinajstić information content (AvgIpc) is 2.83. The summed E-state index contributed by atoms with van der Waals surface area (Å²) in [6, 6.07) is 6.46. The molecular weight excluding hydrogens is 256 g/mol. The minimum atomic E-state index is 0.257. The molecule has 0 saturated carbocycles. The summed E-state index contributed by atoms with van der Waals surface area (Å²) in [5, 5.41) is 6.60. The van der Waals surface area contributed by atoms with E-state index in [1.54, 1.807) is 6.20 Å². The highest BCUT2D eigenvalue weighted by Crippen LogP contribution is 2.25. The fourth-order valence-electron chi connectivity index (χ4n) is 1.74. The Morgan fingerprint density at radius 2 is 2.16 bits per heavy atom. The second-order valence-corrected chi connectivity index (χ2v) is 5.83. The van der Waals surface area contributed by atoms with E-state index in [-0.39, 0.29) is 6.04 Å². The van der Waals surface area contributed by atoms with Crippen molar-refractivity contribution in [3.8, 4) is 0 Å². The van der Waals surface area contributed by atoms with Gasteiger partial charge in [-0.2, -0.15) is 4.98 Å². The molecule has 0 fully saturated rings. The van der Waals surface area contributed by atoms with Crippen LogP contribution in [-0.2, 0) is 0 Å². The van der Waals surface area contributed by atoms with Gasteiger partial charge in [-0.25, -0.2) is 4.98 Å². The first-order chi connectivity index (χ1) is 9.19. The van der Waals surface area contributed by atoms with Crippen LogP contribution in [0.3, 0.4) is 0 Å². The first kappa shape index (κ1) is 13.8. The fraction of sp³-hybridized carbons (Fsp3) is 0.429. The van der Waals surface area contributed by atoms with E-state index >= 15 is 0 Å². The van der Waals surface area contributed by atoms with E-state index in [1.165, 1.54) is 9.75 Å². The molecule has 1 unspecified atom stereocenters. The lowest BCUT2D eigenvalue weighted by atomic mass is 10.2. The van der Waals surface area contributed by atoms with E-state index in [9.17, 15) is 0 Å². The molecule has 0 aromatic carbocycles. The number of aryl methyl sites for hydroxylation is 1. The highest BCUT2D eigenvalue weighted by atomic mass is 32.1. The van der Waals surface area contributed by atoms with Gasteiger partial charge in [0.1, 0.15) is 5.82 Å². The minimum Gasteiger partial charge on any atom is -0.363 e. The second kappa shape index (κ2) is 6.52. The zero-order chi connectivity index (χ0) is 13.7. The van der Waals surface area contributed by atoms with E-state index in [0.717, 1.165) is 18.8 Å². The van der Waals surface area contributed by atoms with Gasteiger partial charge in [0.2, 0.25) is 5.95 Å². The molecule has 0 aliphatic heterocycles. The van der Waals surface area contributed by atoms with Crippen LogP contribution in [0.25, 0.3) is 0 Å². The molecule has 0 saturated heterocycles. The Morgan fingerprint density at radius 1 is 1.32 bits per heavy atom. The van der Waals surface area contributed by atoms with E-state index < -0.39 is 0 Å². The van der Waals surface area contributed by atoms with Crippen molar-refractivity contribution >= 4 is 23.1 Å². The number of hydrogen-bond acceptors (Lipinski definition) is 5. The van der Waals surface area contributed by atoms with Crippen LogP contribution < -0.4 is 10.6 Å². The molecule has 4 nitrogen and oxygen atoms in total. The maximum atomic E-state index is 4.45. The van der Waals surface area contributed by atoms with Crippen LogP contribution >= 0.6 is 11.3 Å². The third-order valence-corrected chi connectivity index (χ3v) is 3.92. The van der Waals surface area contributed by atoms with Gasteiger partial charge >= 0.3 is 0 Å². The maximum absolute atomic E-state index is 4.45. The Bertz CT molecular complexity index is 524. The molecule has 2 N–H and O–H groups in total. The van der Waals surface area contributed by atoms with E-state index in [2.05, 4.69) is 53.5 Å². The number of aromatic nitrogens is 2. The molecule has 19 heavy (non-hydrogen) atoms. The van der Waals surface area contributed by atoms with Crippen LogP contribution in [0.2, 0.25) is 0 Å². The molecule has 102 valence electrons. The molecule has 0 aliphatic carbocycles. The van der Waals surface area contributed by atoms with E-state index in [4.69, 9.17) is 0 Å². The van der Waals surface area contributed by atoms with Crippen LogP contribution in [0.15, 0.2) is 24.4 Å². The molecule has 2 aromatic rings. The topological polar surface area (TPSA) is 49.8 Å². The number of hydrogen-bond donors (Lipinski definition) is 2. The highest BCUT2D eigenvalue weighted by Gasteiger charge is 2.08. The maximum Gasteiger partial charge on any atom is 0.224 e. The van der Waals surface area contributed by atoms with Crippen molar-refractivity contribution in [1.29, 1.82) is 0 Å². The van der Waals surface area contributed by atoms with E-state index in [1.807, 2.05) is 17.4 Å². The van der Waals surface area contributed by atoms with Gasteiger partial charge in [-0.15, -0.1) is 11.3 Å². The van der Waals surface area contributed by atoms with Crippen LogP contribution in [0, 0.1) is 6.92 Å². The van der Waals surface area contributed by atoms with Crippen LogP contribution in [0.1, 0.15) is 36.1 Å². The van der Waals surface area contributed by atoms with Gasteiger partial charge in [-0.05, 0) is 38.5 Å². The number of nitrogens with zero attached hydrogens (tertiary/aromatic N) is 2. The molecule has 0 spiro atoms. The Labute approximate surface area is 118 Å². The molecule has 0 amide bonds. The molecule has 2 rings (SSSR count). The van der Waals surface area contributed by atoms with Crippen molar-refractivity contribution in [1.82, 2.24) is 9.97 Å². The molecule has 1 atom stereocenters. The zero-order valence-electron chi connectivity index (χ0n) is 11.6. The van der Waals surface area contributed by atoms with Gasteiger partial charge in [0, 0.05) is 22.5 Å². The van der Waals surface area contributed by atoms with Gasteiger partial charge in [-0.3, -0.25) is 0 Å². The number of anilines is 2. The van der Waals surface area contributed by atoms with Crippen molar-refractivity contribution in [3.63, 3.8) is 0 Å². The summed E-state index contributed by atoms with van der Waals surface area (Å²) in [4.78, 5) is 11.3. The van der Waals surface area contributed by atoms with Crippen molar-refractivity contribution in [2.24, 2.45) is 0 Å². The minimum absolute atomic E-state index is 0.257. The summed E-state index contributed by atoms with van der Waals surface area (Å²) >= 11 is 1.81. The molecular formula is C14H20N4S. The van der Waals surface area contributed by atoms with Crippen molar-refractivity contribution in [2.45, 2.75) is 33.2 Å². The monoisotopic (exact) mass is 276 g/mol. The summed E-state index contributed by atoms with van der Waals surface area (Å²) in [5.41, 5.74) is 0. The highest BCUT2D eigenvalue weighted by molar-refractivity contribution is 7.12. The Kier molecular flexibility index (Phi) is 4.74. The first-order valence-electron chi connectivity index (χ1n) is 6.59. The molecule has 0 radical (unpaired) electrons. The molecule has 0 bridgehead atoms.